The molecule has 1 amide bonds. The zero-order chi connectivity index (χ0) is 19.5. The van der Waals surface area contributed by atoms with E-state index in [2.05, 4.69) is 25.9 Å². The molecule has 10 heteroatoms. The molecule has 4 rings (SSSR count). The van der Waals surface area contributed by atoms with Gasteiger partial charge in [-0.25, -0.2) is 4.68 Å². The highest BCUT2D eigenvalue weighted by Gasteiger charge is 2.11. The second-order valence-corrected chi connectivity index (χ2v) is 6.64. The first-order chi connectivity index (χ1) is 13.7. The summed E-state index contributed by atoms with van der Waals surface area (Å²) in [6.07, 6.45) is 3.45. The number of fused-ring (bicyclic) bond motifs is 1. The van der Waals surface area contributed by atoms with Gasteiger partial charge < -0.3 is 5.32 Å². The molecule has 2 heterocycles. The van der Waals surface area contributed by atoms with Gasteiger partial charge in [-0.05, 0) is 40.9 Å². The molecule has 0 aliphatic heterocycles. The Bertz CT molecular complexity index is 1220. The minimum atomic E-state index is -0.358. The lowest BCUT2D eigenvalue weighted by atomic mass is 10.2. The number of carbonyl (C=O) groups is 1. The van der Waals surface area contributed by atoms with Crippen LogP contribution < -0.4 is 10.9 Å². The molecule has 0 bridgehead atoms. The van der Waals surface area contributed by atoms with Crippen molar-refractivity contribution in [3.63, 3.8) is 0 Å². The van der Waals surface area contributed by atoms with Crippen LogP contribution >= 0.6 is 11.8 Å². The highest BCUT2D eigenvalue weighted by Crippen LogP contribution is 2.18. The summed E-state index contributed by atoms with van der Waals surface area (Å²) in [5.41, 5.74) is 0.979. The Balaban J connectivity index is 1.54. The fourth-order valence-electron chi connectivity index (χ4n) is 2.76. The van der Waals surface area contributed by atoms with Crippen LogP contribution in [0.15, 0.2) is 64.7 Å². The molecule has 4 aromatic rings. The zero-order valence-corrected chi connectivity index (χ0v) is 15.6. The molecule has 0 spiro atoms. The molecular weight excluding hydrogens is 378 g/mol. The highest BCUT2D eigenvalue weighted by molar-refractivity contribution is 7.98. The number of benzene rings is 2. The molecule has 0 saturated heterocycles. The minimum Gasteiger partial charge on any atom is -0.324 e. The van der Waals surface area contributed by atoms with Crippen molar-refractivity contribution in [2.45, 2.75) is 11.7 Å². The molecule has 140 valence electrons. The fourth-order valence-corrected chi connectivity index (χ4v) is 3.19. The van der Waals surface area contributed by atoms with Crippen molar-refractivity contribution in [2.24, 2.45) is 0 Å². The zero-order valence-electron chi connectivity index (χ0n) is 14.8. The van der Waals surface area contributed by atoms with E-state index in [0.717, 1.165) is 10.1 Å². The third-order valence-electron chi connectivity index (χ3n) is 4.05. The summed E-state index contributed by atoms with van der Waals surface area (Å²) in [7, 11) is 0. The van der Waals surface area contributed by atoms with Crippen molar-refractivity contribution in [1.82, 2.24) is 30.0 Å². The summed E-state index contributed by atoms with van der Waals surface area (Å²) < 4.78 is 2.73. The molecular formula is C18H15N7O2S. The van der Waals surface area contributed by atoms with Gasteiger partial charge in [-0.2, -0.15) is 9.78 Å². The van der Waals surface area contributed by atoms with Crippen molar-refractivity contribution < 1.29 is 4.79 Å². The molecule has 0 atom stereocenters. The van der Waals surface area contributed by atoms with E-state index in [1.54, 1.807) is 41.2 Å². The first-order valence-corrected chi connectivity index (χ1v) is 9.56. The monoisotopic (exact) mass is 393 g/mol. The summed E-state index contributed by atoms with van der Waals surface area (Å²) in [6, 6.07) is 14.3. The van der Waals surface area contributed by atoms with E-state index in [9.17, 15) is 9.59 Å². The second-order valence-electron chi connectivity index (χ2n) is 5.87. The molecule has 1 N–H and O–H groups in total. The van der Waals surface area contributed by atoms with Gasteiger partial charge in [-0.1, -0.05) is 36.0 Å². The van der Waals surface area contributed by atoms with Crippen LogP contribution in [0, 0.1) is 0 Å². The molecule has 0 radical (unpaired) electrons. The molecule has 28 heavy (non-hydrogen) atoms. The number of anilines is 1. The van der Waals surface area contributed by atoms with Crippen molar-refractivity contribution >= 4 is 34.1 Å². The first kappa shape index (κ1) is 17.9. The molecule has 0 aliphatic rings. The van der Waals surface area contributed by atoms with Gasteiger partial charge >= 0.3 is 0 Å². The summed E-state index contributed by atoms with van der Waals surface area (Å²) in [5, 5.41) is 20.3. The molecule has 2 aromatic heterocycles. The third kappa shape index (κ3) is 3.49. The van der Waals surface area contributed by atoms with Gasteiger partial charge in [-0.15, -0.1) is 5.10 Å². The Kier molecular flexibility index (Phi) is 4.85. The molecule has 0 unspecified atom stereocenters. The standard InChI is InChI=1S/C18H15N7O2S/c1-28-18-21-22-23-25(18)14-7-4-6-13(9-14)20-16(26)11-24-17(27)15-8-3-2-5-12(15)10-19-24/h2-10H,11H2,1H3,(H,20,26). The molecule has 0 saturated carbocycles. The number of rotatable bonds is 5. The van der Waals surface area contributed by atoms with E-state index >= 15 is 0 Å². The van der Waals surface area contributed by atoms with Crippen LogP contribution in [0.5, 0.6) is 0 Å². The van der Waals surface area contributed by atoms with Crippen LogP contribution in [0.25, 0.3) is 16.5 Å². The maximum absolute atomic E-state index is 12.5. The number of nitrogens with one attached hydrogen (secondary N) is 1. The average molecular weight is 393 g/mol. The number of hydrogen-bond acceptors (Lipinski definition) is 7. The molecule has 2 aromatic carbocycles. The summed E-state index contributed by atoms with van der Waals surface area (Å²) in [6.45, 7) is -0.186. The number of tetrazole rings is 1. The number of aromatic nitrogens is 6. The lowest BCUT2D eigenvalue weighted by Gasteiger charge is -2.09. The second kappa shape index (κ2) is 7.61. The summed E-state index contributed by atoms with van der Waals surface area (Å²) in [5.74, 6) is -0.358. The SMILES string of the molecule is CSc1nnnn1-c1cccc(NC(=O)Cn2ncc3ccccc3c2=O)c1. The predicted octanol–water partition coefficient (Wildman–Crippen LogP) is 1.73. The van der Waals surface area contributed by atoms with Gasteiger partial charge in [0.1, 0.15) is 6.54 Å². The van der Waals surface area contributed by atoms with E-state index in [0.29, 0.717) is 21.9 Å². The number of thioether (sulfide) groups is 1. The van der Waals surface area contributed by atoms with Gasteiger partial charge in [0.25, 0.3) is 5.56 Å². The van der Waals surface area contributed by atoms with Crippen LogP contribution in [0.4, 0.5) is 5.69 Å². The highest BCUT2D eigenvalue weighted by atomic mass is 32.2. The Hall–Kier alpha value is -3.53. The van der Waals surface area contributed by atoms with Crippen LogP contribution in [0.1, 0.15) is 0 Å². The summed E-state index contributed by atoms with van der Waals surface area (Å²) in [4.78, 5) is 24.9. The van der Waals surface area contributed by atoms with E-state index in [-0.39, 0.29) is 18.0 Å². The van der Waals surface area contributed by atoms with Crippen LogP contribution in [0.2, 0.25) is 0 Å². The first-order valence-electron chi connectivity index (χ1n) is 8.33. The Morgan fingerprint density at radius 1 is 1.18 bits per heavy atom. The molecule has 0 fully saturated rings. The van der Waals surface area contributed by atoms with Gasteiger partial charge in [0, 0.05) is 11.1 Å². The van der Waals surface area contributed by atoms with Crippen LogP contribution in [0.3, 0.4) is 0 Å². The number of carbonyl (C=O) groups excluding carboxylic acids is 1. The van der Waals surface area contributed by atoms with Gasteiger partial charge in [0.05, 0.1) is 17.3 Å². The van der Waals surface area contributed by atoms with Crippen molar-refractivity contribution in [3.05, 3.63) is 65.1 Å². The lowest BCUT2D eigenvalue weighted by Crippen LogP contribution is -2.29. The van der Waals surface area contributed by atoms with Crippen LogP contribution in [-0.4, -0.2) is 42.2 Å². The van der Waals surface area contributed by atoms with Gasteiger partial charge in [0.15, 0.2) is 0 Å². The van der Waals surface area contributed by atoms with Crippen LogP contribution in [-0.2, 0) is 11.3 Å². The molecule has 9 nitrogen and oxygen atoms in total. The Morgan fingerprint density at radius 2 is 2.04 bits per heavy atom. The minimum absolute atomic E-state index is 0.186. The maximum Gasteiger partial charge on any atom is 0.275 e. The smallest absolute Gasteiger partial charge is 0.275 e. The largest absolute Gasteiger partial charge is 0.324 e. The predicted molar refractivity (Wildman–Crippen MR) is 106 cm³/mol. The summed E-state index contributed by atoms with van der Waals surface area (Å²) >= 11 is 1.41. The lowest BCUT2D eigenvalue weighted by molar-refractivity contribution is -0.117. The third-order valence-corrected chi connectivity index (χ3v) is 4.67. The quantitative estimate of drug-likeness (QED) is 0.515. The van der Waals surface area contributed by atoms with Gasteiger partial charge in [-0.3, -0.25) is 9.59 Å². The van der Waals surface area contributed by atoms with Crippen molar-refractivity contribution in [2.75, 3.05) is 11.6 Å². The number of nitrogens with zero attached hydrogens (tertiary/aromatic N) is 6. The van der Waals surface area contributed by atoms with E-state index in [1.807, 2.05) is 24.5 Å². The topological polar surface area (TPSA) is 108 Å². The number of hydrogen-bond donors (Lipinski definition) is 1. The normalized spacial score (nSPS) is 10.9. The fraction of sp³-hybridized carbons (Fsp3) is 0.111. The average Bonchev–Trinajstić information content (AvgIpc) is 3.19. The van der Waals surface area contributed by atoms with Crippen molar-refractivity contribution in [1.29, 1.82) is 0 Å². The van der Waals surface area contributed by atoms with E-state index < -0.39 is 0 Å². The Labute approximate surface area is 163 Å². The number of amides is 1. The molecule has 0 aliphatic carbocycles. The van der Waals surface area contributed by atoms with E-state index in [4.69, 9.17) is 0 Å². The van der Waals surface area contributed by atoms with Crippen molar-refractivity contribution in [3.8, 4) is 5.69 Å². The van der Waals surface area contributed by atoms with E-state index in [1.165, 1.54) is 11.8 Å². The Morgan fingerprint density at radius 3 is 2.89 bits per heavy atom. The maximum atomic E-state index is 12.5. The van der Waals surface area contributed by atoms with Gasteiger partial charge in [0.2, 0.25) is 11.1 Å².